The first-order valence-corrected chi connectivity index (χ1v) is 5.44. The van der Waals surface area contributed by atoms with Gasteiger partial charge in [0.15, 0.2) is 0 Å². The highest BCUT2D eigenvalue weighted by molar-refractivity contribution is 8.00. The Balaban J connectivity index is 1.94. The fourth-order valence-electron chi connectivity index (χ4n) is 2.20. The maximum atomic E-state index is 5.45. The van der Waals surface area contributed by atoms with Crippen LogP contribution in [-0.2, 0) is 0 Å². The molecule has 64 valence electrons. The van der Waals surface area contributed by atoms with Crippen LogP contribution in [0.4, 0.5) is 0 Å². The average molecular weight is 172 g/mol. The third kappa shape index (κ3) is 1.71. The molecule has 0 aromatic rings. The normalized spacial score (nSPS) is 43.9. The molecule has 2 fully saturated rings. The molecule has 3 heteroatoms. The number of nitrogens with two attached hydrogens (primary N) is 1. The van der Waals surface area contributed by atoms with Crippen LogP contribution in [-0.4, -0.2) is 16.5 Å². The van der Waals surface area contributed by atoms with Crippen LogP contribution in [0.3, 0.4) is 0 Å². The Bertz CT molecular complexity index is 128. The van der Waals surface area contributed by atoms with E-state index in [1.807, 2.05) is 0 Å². The number of fused-ring (bicyclic) bond motifs is 2. The molecule has 0 spiro atoms. The Morgan fingerprint density at radius 3 is 2.36 bits per heavy atom. The average Bonchev–Trinajstić information content (AvgIpc) is 2.03. The highest BCUT2D eigenvalue weighted by Crippen LogP contribution is 2.41. The molecule has 0 aliphatic carbocycles. The summed E-state index contributed by atoms with van der Waals surface area (Å²) in [6, 6.07) is 0.603. The van der Waals surface area contributed by atoms with Crippen LogP contribution in [0.2, 0.25) is 0 Å². The molecule has 2 atom stereocenters. The molecular weight excluding hydrogens is 156 g/mol. The SMILES string of the molecule is NNC1CC2CCCC(C1)S2. The van der Waals surface area contributed by atoms with Crippen LogP contribution in [0.5, 0.6) is 0 Å². The fraction of sp³-hybridized carbons (Fsp3) is 1.00. The number of hydrogen-bond donors (Lipinski definition) is 2. The number of rotatable bonds is 1. The standard InChI is InChI=1S/C8H16N2S/c9-10-6-4-7-2-1-3-8(5-6)11-7/h6-8,10H,1-5,9H2. The summed E-state index contributed by atoms with van der Waals surface area (Å²) >= 11 is 2.20. The molecule has 11 heavy (non-hydrogen) atoms. The summed E-state index contributed by atoms with van der Waals surface area (Å²) in [6.45, 7) is 0. The van der Waals surface area contributed by atoms with Gasteiger partial charge in [0.05, 0.1) is 0 Å². The lowest BCUT2D eigenvalue weighted by Gasteiger charge is -2.38. The van der Waals surface area contributed by atoms with E-state index in [4.69, 9.17) is 5.84 Å². The number of thioether (sulfide) groups is 1. The van der Waals surface area contributed by atoms with Gasteiger partial charge in [-0.25, -0.2) is 0 Å². The molecule has 2 aliphatic heterocycles. The van der Waals surface area contributed by atoms with Crippen molar-refractivity contribution in [2.24, 2.45) is 5.84 Å². The van der Waals surface area contributed by atoms with E-state index in [2.05, 4.69) is 17.2 Å². The van der Waals surface area contributed by atoms with Crippen molar-refractivity contribution in [3.63, 3.8) is 0 Å². The monoisotopic (exact) mass is 172 g/mol. The summed E-state index contributed by atoms with van der Waals surface area (Å²) in [5.41, 5.74) is 2.92. The van der Waals surface area contributed by atoms with E-state index >= 15 is 0 Å². The lowest BCUT2D eigenvalue weighted by atomic mass is 9.95. The van der Waals surface area contributed by atoms with Crippen LogP contribution >= 0.6 is 11.8 Å². The van der Waals surface area contributed by atoms with Crippen LogP contribution in [0.25, 0.3) is 0 Å². The van der Waals surface area contributed by atoms with E-state index < -0.39 is 0 Å². The van der Waals surface area contributed by atoms with Crippen molar-refractivity contribution in [1.82, 2.24) is 5.43 Å². The Morgan fingerprint density at radius 1 is 1.18 bits per heavy atom. The van der Waals surface area contributed by atoms with Crippen LogP contribution in [0, 0.1) is 0 Å². The van der Waals surface area contributed by atoms with Gasteiger partial charge in [-0.1, -0.05) is 6.42 Å². The molecule has 2 saturated heterocycles. The van der Waals surface area contributed by atoms with Crippen molar-refractivity contribution < 1.29 is 0 Å². The zero-order valence-corrected chi connectivity index (χ0v) is 7.57. The second-order valence-electron chi connectivity index (χ2n) is 3.65. The minimum Gasteiger partial charge on any atom is -0.271 e. The zero-order valence-electron chi connectivity index (χ0n) is 6.75. The van der Waals surface area contributed by atoms with Gasteiger partial charge in [-0.2, -0.15) is 11.8 Å². The number of nitrogens with one attached hydrogen (secondary N) is 1. The maximum Gasteiger partial charge on any atom is 0.0231 e. The second kappa shape index (κ2) is 3.33. The van der Waals surface area contributed by atoms with Crippen molar-refractivity contribution in [3.8, 4) is 0 Å². The lowest BCUT2D eigenvalue weighted by Crippen LogP contribution is -2.43. The van der Waals surface area contributed by atoms with Crippen LogP contribution in [0.1, 0.15) is 32.1 Å². The summed E-state index contributed by atoms with van der Waals surface area (Å²) in [5, 5.41) is 1.81. The summed E-state index contributed by atoms with van der Waals surface area (Å²) < 4.78 is 0. The summed E-state index contributed by atoms with van der Waals surface area (Å²) in [7, 11) is 0. The second-order valence-corrected chi connectivity index (χ2v) is 5.25. The van der Waals surface area contributed by atoms with Crippen molar-refractivity contribution in [2.45, 2.75) is 48.6 Å². The van der Waals surface area contributed by atoms with Gasteiger partial charge < -0.3 is 0 Å². The van der Waals surface area contributed by atoms with Crippen LogP contribution in [0.15, 0.2) is 0 Å². The minimum absolute atomic E-state index is 0.603. The summed E-state index contributed by atoms with van der Waals surface area (Å²) in [5.74, 6) is 5.45. The van der Waals surface area contributed by atoms with Crippen molar-refractivity contribution >= 4 is 11.8 Å². The van der Waals surface area contributed by atoms with Gasteiger partial charge in [-0.05, 0) is 25.7 Å². The molecule has 2 aliphatic rings. The largest absolute Gasteiger partial charge is 0.271 e. The molecule has 2 bridgehead atoms. The molecule has 2 rings (SSSR count). The highest BCUT2D eigenvalue weighted by atomic mass is 32.2. The lowest BCUT2D eigenvalue weighted by molar-refractivity contribution is 0.388. The Kier molecular flexibility index (Phi) is 2.39. The molecule has 2 nitrogen and oxygen atoms in total. The predicted octanol–water partition coefficient (Wildman–Crippen LogP) is 1.27. The fourth-order valence-corrected chi connectivity index (χ4v) is 4.03. The molecule has 2 heterocycles. The van der Waals surface area contributed by atoms with Crippen molar-refractivity contribution in [3.05, 3.63) is 0 Å². The quantitative estimate of drug-likeness (QED) is 0.462. The Labute approximate surface area is 72.3 Å². The molecule has 0 aromatic carbocycles. The third-order valence-corrected chi connectivity index (χ3v) is 4.39. The van der Waals surface area contributed by atoms with Crippen molar-refractivity contribution in [1.29, 1.82) is 0 Å². The smallest absolute Gasteiger partial charge is 0.0231 e. The van der Waals surface area contributed by atoms with Crippen LogP contribution < -0.4 is 11.3 Å². The predicted molar refractivity (Wildman–Crippen MR) is 49.4 cm³/mol. The van der Waals surface area contributed by atoms with E-state index in [9.17, 15) is 0 Å². The van der Waals surface area contributed by atoms with Crippen molar-refractivity contribution in [2.75, 3.05) is 0 Å². The van der Waals surface area contributed by atoms with E-state index in [-0.39, 0.29) is 0 Å². The van der Waals surface area contributed by atoms with E-state index in [0.717, 1.165) is 10.5 Å². The molecule has 2 unspecified atom stereocenters. The first kappa shape index (κ1) is 7.90. The van der Waals surface area contributed by atoms with E-state index in [0.29, 0.717) is 6.04 Å². The van der Waals surface area contributed by atoms with Gasteiger partial charge in [-0.3, -0.25) is 11.3 Å². The minimum atomic E-state index is 0.603. The Hall–Kier alpha value is 0.270. The van der Waals surface area contributed by atoms with E-state index in [1.165, 1.54) is 32.1 Å². The molecule has 3 N–H and O–H groups in total. The Morgan fingerprint density at radius 2 is 1.82 bits per heavy atom. The summed E-state index contributed by atoms with van der Waals surface area (Å²) in [6.07, 6.45) is 6.85. The van der Waals surface area contributed by atoms with Gasteiger partial charge in [0.25, 0.3) is 0 Å². The van der Waals surface area contributed by atoms with E-state index in [1.54, 1.807) is 0 Å². The molecule has 0 radical (unpaired) electrons. The number of hydrazine groups is 1. The molecule has 0 aromatic heterocycles. The first-order chi connectivity index (χ1) is 5.38. The van der Waals surface area contributed by atoms with Gasteiger partial charge in [0.2, 0.25) is 0 Å². The van der Waals surface area contributed by atoms with Gasteiger partial charge >= 0.3 is 0 Å². The molecule has 0 amide bonds. The topological polar surface area (TPSA) is 38.0 Å². The number of hydrogen-bond acceptors (Lipinski definition) is 3. The van der Waals surface area contributed by atoms with Gasteiger partial charge in [-0.15, -0.1) is 0 Å². The van der Waals surface area contributed by atoms with Gasteiger partial charge in [0, 0.05) is 16.5 Å². The maximum absolute atomic E-state index is 5.45. The first-order valence-electron chi connectivity index (χ1n) is 4.50. The molecule has 0 saturated carbocycles. The highest BCUT2D eigenvalue weighted by Gasteiger charge is 2.31. The summed E-state index contributed by atoms with van der Waals surface area (Å²) in [4.78, 5) is 0. The zero-order chi connectivity index (χ0) is 7.68. The van der Waals surface area contributed by atoms with Gasteiger partial charge in [0.1, 0.15) is 0 Å². The third-order valence-electron chi connectivity index (χ3n) is 2.77. The molecular formula is C8H16N2S.